The first-order valence-electron chi connectivity index (χ1n) is 9.18. The monoisotopic (exact) mass is 515 g/mol. The number of hydrogen-bond donors (Lipinski definition) is 2. The molecule has 1 saturated heterocycles. The molecule has 0 radical (unpaired) electrons. The number of rotatable bonds is 6. The van der Waals surface area contributed by atoms with Crippen LogP contribution in [-0.4, -0.2) is 47.6 Å². The maximum atomic E-state index is 6.12. The van der Waals surface area contributed by atoms with E-state index in [4.69, 9.17) is 23.2 Å². The average molecular weight is 516 g/mol. The third-order valence-electron chi connectivity index (χ3n) is 4.80. The van der Waals surface area contributed by atoms with Gasteiger partial charge in [0.1, 0.15) is 5.15 Å². The fourth-order valence-electron chi connectivity index (χ4n) is 3.22. The van der Waals surface area contributed by atoms with E-state index in [1.807, 2.05) is 17.7 Å². The lowest BCUT2D eigenvalue weighted by atomic mass is 9.97. The molecule has 0 aromatic carbocycles. The first-order valence-corrected chi connectivity index (χ1v) is 9.93. The average Bonchev–Trinajstić information content (AvgIpc) is 2.84. The Balaban J connectivity index is 0.00000338. The number of guanidine groups is 1. The topological polar surface area (TPSA) is 44.6 Å². The van der Waals surface area contributed by atoms with Crippen LogP contribution in [0.25, 0.3) is 0 Å². The summed E-state index contributed by atoms with van der Waals surface area (Å²) in [5.41, 5.74) is 0.996. The Morgan fingerprint density at radius 3 is 2.65 bits per heavy atom. The quantitative estimate of drug-likeness (QED) is 0.340. The third kappa shape index (κ3) is 6.77. The molecule has 2 N–H and O–H groups in total. The fraction of sp³-hybridized carbons (Fsp3) is 0.722. The van der Waals surface area contributed by atoms with Crippen LogP contribution in [0.5, 0.6) is 0 Å². The molecule has 1 aromatic rings. The van der Waals surface area contributed by atoms with Crippen molar-refractivity contribution in [1.29, 1.82) is 0 Å². The molecule has 2 rings (SSSR count). The fourth-order valence-corrected chi connectivity index (χ4v) is 3.63. The number of nitrogens with zero attached hydrogens (tertiary/aromatic N) is 3. The van der Waals surface area contributed by atoms with E-state index in [1.165, 1.54) is 19.4 Å². The second kappa shape index (κ2) is 11.6. The summed E-state index contributed by atoms with van der Waals surface area (Å²) in [6, 6.07) is 2.50. The van der Waals surface area contributed by atoms with Crippen molar-refractivity contribution in [1.82, 2.24) is 20.1 Å². The van der Waals surface area contributed by atoms with E-state index in [0.29, 0.717) is 28.7 Å². The molecular formula is C18H32Cl2IN5. The molecular weight excluding hydrogens is 484 g/mol. The Bertz CT molecular complexity index is 588. The van der Waals surface area contributed by atoms with Crippen LogP contribution in [0.3, 0.4) is 0 Å². The third-order valence-corrected chi connectivity index (χ3v) is 5.64. The molecule has 1 aliphatic rings. The van der Waals surface area contributed by atoms with Crippen LogP contribution in [0.1, 0.15) is 39.3 Å². The summed E-state index contributed by atoms with van der Waals surface area (Å²) < 4.78 is 1.87. The number of hydrogen-bond acceptors (Lipinski definition) is 2. The van der Waals surface area contributed by atoms with Gasteiger partial charge in [-0.25, -0.2) is 4.99 Å². The highest BCUT2D eigenvalue weighted by atomic mass is 127. The predicted molar refractivity (Wildman–Crippen MR) is 123 cm³/mol. The molecule has 26 heavy (non-hydrogen) atoms. The summed E-state index contributed by atoms with van der Waals surface area (Å²) in [5.74, 6) is 1.51. The number of aliphatic imine (C=N–C) groups is 1. The van der Waals surface area contributed by atoms with Gasteiger partial charge in [-0.1, -0.05) is 23.2 Å². The summed E-state index contributed by atoms with van der Waals surface area (Å²) in [5, 5.41) is 7.94. The van der Waals surface area contributed by atoms with Gasteiger partial charge in [0.15, 0.2) is 5.96 Å². The predicted octanol–water partition coefficient (Wildman–Crippen LogP) is 4.13. The van der Waals surface area contributed by atoms with Gasteiger partial charge in [0, 0.05) is 38.4 Å². The van der Waals surface area contributed by atoms with Gasteiger partial charge in [-0.2, -0.15) is 0 Å². The Hall–Kier alpha value is -0.180. The number of piperidine rings is 1. The normalized spacial score (nSPS) is 18.7. The first kappa shape index (κ1) is 23.9. The van der Waals surface area contributed by atoms with Gasteiger partial charge in [-0.15, -0.1) is 24.0 Å². The Morgan fingerprint density at radius 1 is 1.35 bits per heavy atom. The lowest BCUT2D eigenvalue weighted by Crippen LogP contribution is -2.46. The molecule has 150 valence electrons. The van der Waals surface area contributed by atoms with Crippen molar-refractivity contribution in [2.45, 2.75) is 46.2 Å². The smallest absolute Gasteiger partial charge is 0.191 e. The molecule has 2 heterocycles. The van der Waals surface area contributed by atoms with Crippen LogP contribution in [0.4, 0.5) is 0 Å². The molecule has 1 aromatic heterocycles. The lowest BCUT2D eigenvalue weighted by molar-refractivity contribution is 0.141. The molecule has 0 spiro atoms. The van der Waals surface area contributed by atoms with Crippen LogP contribution in [0.2, 0.25) is 10.2 Å². The van der Waals surface area contributed by atoms with Crippen LogP contribution < -0.4 is 10.6 Å². The molecule has 0 bridgehead atoms. The maximum Gasteiger partial charge on any atom is 0.191 e. The van der Waals surface area contributed by atoms with Crippen molar-refractivity contribution in [2.24, 2.45) is 18.0 Å². The molecule has 0 saturated carbocycles. The molecule has 1 atom stereocenters. The lowest BCUT2D eigenvalue weighted by Gasteiger charge is -2.35. The zero-order valence-electron chi connectivity index (χ0n) is 16.2. The Labute approximate surface area is 184 Å². The summed E-state index contributed by atoms with van der Waals surface area (Å²) >= 11 is 12.2. The summed E-state index contributed by atoms with van der Waals surface area (Å²) in [6.45, 7) is 11.3. The van der Waals surface area contributed by atoms with Crippen molar-refractivity contribution >= 4 is 53.1 Å². The number of aromatic nitrogens is 1. The highest BCUT2D eigenvalue weighted by Crippen LogP contribution is 2.25. The molecule has 1 aliphatic heterocycles. The minimum Gasteiger partial charge on any atom is -0.357 e. The number of nitrogens with one attached hydrogen (secondary N) is 2. The maximum absolute atomic E-state index is 6.12. The van der Waals surface area contributed by atoms with Crippen molar-refractivity contribution in [3.05, 3.63) is 21.9 Å². The van der Waals surface area contributed by atoms with Crippen LogP contribution in [0.15, 0.2) is 11.1 Å². The minimum absolute atomic E-state index is 0. The molecule has 1 unspecified atom stereocenters. The second-order valence-electron chi connectivity index (χ2n) is 7.01. The summed E-state index contributed by atoms with van der Waals surface area (Å²) in [4.78, 5) is 7.24. The van der Waals surface area contributed by atoms with E-state index in [0.717, 1.165) is 31.3 Å². The van der Waals surface area contributed by atoms with E-state index >= 15 is 0 Å². The van der Waals surface area contributed by atoms with E-state index in [-0.39, 0.29) is 24.0 Å². The van der Waals surface area contributed by atoms with Gasteiger partial charge in [0.05, 0.1) is 11.6 Å². The highest BCUT2D eigenvalue weighted by Gasteiger charge is 2.21. The van der Waals surface area contributed by atoms with Crippen molar-refractivity contribution in [2.75, 3.05) is 26.2 Å². The molecule has 1 fully saturated rings. The highest BCUT2D eigenvalue weighted by molar-refractivity contribution is 14.0. The van der Waals surface area contributed by atoms with Gasteiger partial charge in [-0.05, 0) is 52.1 Å². The molecule has 0 amide bonds. The van der Waals surface area contributed by atoms with E-state index in [9.17, 15) is 0 Å². The van der Waals surface area contributed by atoms with E-state index in [1.54, 1.807) is 0 Å². The van der Waals surface area contributed by atoms with E-state index in [2.05, 4.69) is 41.3 Å². The van der Waals surface area contributed by atoms with Gasteiger partial charge in [-0.3, -0.25) is 0 Å². The summed E-state index contributed by atoms with van der Waals surface area (Å²) in [6.07, 6.45) is 2.55. The zero-order chi connectivity index (χ0) is 18.4. The van der Waals surface area contributed by atoms with Crippen LogP contribution in [-0.2, 0) is 13.6 Å². The van der Waals surface area contributed by atoms with Gasteiger partial charge < -0.3 is 20.1 Å². The molecule has 8 heteroatoms. The van der Waals surface area contributed by atoms with Crippen molar-refractivity contribution in [3.63, 3.8) is 0 Å². The minimum atomic E-state index is 0. The zero-order valence-corrected chi connectivity index (χ0v) is 20.0. The van der Waals surface area contributed by atoms with Gasteiger partial charge in [0.2, 0.25) is 0 Å². The standard InChI is InChI=1S/C18H31Cl2N5.HI/c1-5-21-18(23-11-15-9-16(19)17(20)24(15)4)22-10-14-7-6-8-25(12-14)13(2)3;/h9,13-14H,5-8,10-12H2,1-4H3,(H2,21,22,23);1H. The van der Waals surface area contributed by atoms with Crippen LogP contribution in [0, 0.1) is 5.92 Å². The number of likely N-dealkylation sites (tertiary alicyclic amines) is 1. The molecule has 0 aliphatic carbocycles. The van der Waals surface area contributed by atoms with Crippen molar-refractivity contribution < 1.29 is 0 Å². The second-order valence-corrected chi connectivity index (χ2v) is 7.77. The Morgan fingerprint density at radius 2 is 2.08 bits per heavy atom. The number of halogens is 3. The van der Waals surface area contributed by atoms with Gasteiger partial charge in [0.25, 0.3) is 0 Å². The molecule has 5 nitrogen and oxygen atoms in total. The van der Waals surface area contributed by atoms with Crippen LogP contribution >= 0.6 is 47.2 Å². The largest absolute Gasteiger partial charge is 0.357 e. The summed E-state index contributed by atoms with van der Waals surface area (Å²) in [7, 11) is 1.90. The SMILES string of the molecule is CCNC(=NCc1cc(Cl)c(Cl)n1C)NCC1CCCN(C(C)C)C1.I. The first-order chi connectivity index (χ1) is 11.9. The van der Waals surface area contributed by atoms with Gasteiger partial charge >= 0.3 is 0 Å². The van der Waals surface area contributed by atoms with Crippen molar-refractivity contribution in [3.8, 4) is 0 Å². The van der Waals surface area contributed by atoms with E-state index < -0.39 is 0 Å². The Kier molecular flexibility index (Phi) is 10.7.